The lowest BCUT2D eigenvalue weighted by Gasteiger charge is -2.38. The Balaban J connectivity index is 1.65. The molecule has 1 aromatic rings. The Morgan fingerprint density at radius 1 is 1.24 bits per heavy atom. The summed E-state index contributed by atoms with van der Waals surface area (Å²) in [6.45, 7) is 4.79. The highest BCUT2D eigenvalue weighted by Crippen LogP contribution is 2.36. The quantitative estimate of drug-likeness (QED) is 0.746. The van der Waals surface area contributed by atoms with E-state index in [-0.39, 0.29) is 37.2 Å². The smallest absolute Gasteiger partial charge is 0.418 e. The predicted molar refractivity (Wildman–Crippen MR) is 96.8 cm³/mol. The van der Waals surface area contributed by atoms with Crippen LogP contribution in [0.15, 0.2) is 18.2 Å². The Labute approximate surface area is 165 Å². The summed E-state index contributed by atoms with van der Waals surface area (Å²) in [5.41, 5.74) is -2.12. The highest BCUT2D eigenvalue weighted by Gasteiger charge is 2.41. The molecular formula is C19H23F4N3O3. The van der Waals surface area contributed by atoms with Crippen LogP contribution in [0.1, 0.15) is 32.3 Å². The number of nitrogens with one attached hydrogen (secondary N) is 1. The first kappa shape index (κ1) is 21.2. The molecule has 2 aliphatic heterocycles. The van der Waals surface area contributed by atoms with Gasteiger partial charge in [0.2, 0.25) is 0 Å². The fourth-order valence-corrected chi connectivity index (χ4v) is 3.80. The van der Waals surface area contributed by atoms with Crippen molar-refractivity contribution in [2.45, 2.75) is 44.9 Å². The van der Waals surface area contributed by atoms with E-state index in [0.29, 0.717) is 19.4 Å². The summed E-state index contributed by atoms with van der Waals surface area (Å²) in [7, 11) is 0. The van der Waals surface area contributed by atoms with Crippen LogP contribution >= 0.6 is 0 Å². The molecule has 3 rings (SSSR count). The highest BCUT2D eigenvalue weighted by molar-refractivity contribution is 5.90. The fraction of sp³-hybridized carbons (Fsp3) is 0.579. The molecular weight excluding hydrogens is 394 g/mol. The van der Waals surface area contributed by atoms with Gasteiger partial charge in [-0.25, -0.2) is 14.0 Å². The number of piperidine rings is 1. The number of hydrogen-bond acceptors (Lipinski definition) is 3. The van der Waals surface area contributed by atoms with Crippen LogP contribution in [0.2, 0.25) is 0 Å². The third kappa shape index (κ3) is 4.40. The lowest BCUT2D eigenvalue weighted by atomic mass is 9.98. The van der Waals surface area contributed by atoms with Crippen molar-refractivity contribution in [3.05, 3.63) is 29.6 Å². The Hall–Kier alpha value is -2.52. The summed E-state index contributed by atoms with van der Waals surface area (Å²) in [6.07, 6.45) is -4.24. The molecule has 10 heteroatoms. The molecule has 0 spiro atoms. The van der Waals surface area contributed by atoms with Gasteiger partial charge in [-0.15, -0.1) is 0 Å². The van der Waals surface area contributed by atoms with Crippen LogP contribution in [0.25, 0.3) is 0 Å². The highest BCUT2D eigenvalue weighted by atomic mass is 19.4. The second kappa shape index (κ2) is 8.08. The number of hydrogen-bond donors (Lipinski definition) is 1. The monoisotopic (exact) mass is 417 g/mol. The van der Waals surface area contributed by atoms with Gasteiger partial charge in [-0.05, 0) is 30.9 Å². The summed E-state index contributed by atoms with van der Waals surface area (Å²) in [4.78, 5) is 27.6. The molecule has 2 aliphatic rings. The molecule has 0 radical (unpaired) electrons. The second-order valence-electron chi connectivity index (χ2n) is 7.60. The van der Waals surface area contributed by atoms with Crippen molar-refractivity contribution >= 4 is 17.8 Å². The summed E-state index contributed by atoms with van der Waals surface area (Å²) < 4.78 is 58.4. The number of benzene rings is 1. The molecule has 1 N–H and O–H groups in total. The Bertz CT molecular complexity index is 776. The lowest BCUT2D eigenvalue weighted by Crippen LogP contribution is -2.51. The third-order valence-corrected chi connectivity index (χ3v) is 5.41. The molecule has 0 aromatic heterocycles. The maximum Gasteiger partial charge on any atom is 0.418 e. The number of rotatable bonds is 3. The maximum atomic E-state index is 13.9. The zero-order valence-corrected chi connectivity index (χ0v) is 16.1. The molecule has 0 aliphatic carbocycles. The molecule has 1 aromatic carbocycles. The molecule has 2 saturated heterocycles. The van der Waals surface area contributed by atoms with Gasteiger partial charge in [0.25, 0.3) is 0 Å². The number of ether oxygens (including phenoxy) is 1. The average molecular weight is 417 g/mol. The SMILES string of the molecule is CC(C)C1COC(=O)N1C1CCN(C(=O)Nc2c(F)cccc2C(F)(F)F)CC1. The molecule has 0 saturated carbocycles. The van der Waals surface area contributed by atoms with E-state index < -0.39 is 29.3 Å². The van der Waals surface area contributed by atoms with Crippen LogP contribution in [0.3, 0.4) is 0 Å². The van der Waals surface area contributed by atoms with Crippen LogP contribution in [0, 0.1) is 11.7 Å². The van der Waals surface area contributed by atoms with Crippen LogP contribution in [-0.2, 0) is 10.9 Å². The number of cyclic esters (lactones) is 1. The number of para-hydroxylation sites is 1. The topological polar surface area (TPSA) is 61.9 Å². The molecule has 6 nitrogen and oxygen atoms in total. The summed E-state index contributed by atoms with van der Waals surface area (Å²) in [6, 6.07) is 1.57. The van der Waals surface area contributed by atoms with E-state index in [0.717, 1.165) is 18.2 Å². The number of halogens is 4. The van der Waals surface area contributed by atoms with Gasteiger partial charge >= 0.3 is 18.3 Å². The first-order valence-electron chi connectivity index (χ1n) is 9.46. The average Bonchev–Trinajstić information content (AvgIpc) is 3.04. The molecule has 2 heterocycles. The van der Waals surface area contributed by atoms with E-state index in [1.807, 2.05) is 13.8 Å². The van der Waals surface area contributed by atoms with E-state index in [4.69, 9.17) is 4.74 Å². The fourth-order valence-electron chi connectivity index (χ4n) is 3.80. The Morgan fingerprint density at radius 3 is 2.48 bits per heavy atom. The normalized spacial score (nSPS) is 20.9. The number of amides is 3. The van der Waals surface area contributed by atoms with Gasteiger partial charge in [-0.3, -0.25) is 4.90 Å². The van der Waals surface area contributed by atoms with Crippen molar-refractivity contribution in [3.63, 3.8) is 0 Å². The number of urea groups is 1. The molecule has 3 amide bonds. The maximum absolute atomic E-state index is 13.9. The van der Waals surface area contributed by atoms with Gasteiger partial charge < -0.3 is 15.0 Å². The minimum Gasteiger partial charge on any atom is -0.447 e. The molecule has 29 heavy (non-hydrogen) atoms. The van der Waals surface area contributed by atoms with Gasteiger partial charge in [0.05, 0.1) is 17.3 Å². The minimum absolute atomic E-state index is 0.0411. The van der Waals surface area contributed by atoms with Crippen molar-refractivity contribution in [1.82, 2.24) is 9.80 Å². The second-order valence-corrected chi connectivity index (χ2v) is 7.60. The largest absolute Gasteiger partial charge is 0.447 e. The zero-order chi connectivity index (χ0) is 21.3. The van der Waals surface area contributed by atoms with E-state index in [2.05, 4.69) is 5.32 Å². The summed E-state index contributed by atoms with van der Waals surface area (Å²) >= 11 is 0. The first-order chi connectivity index (χ1) is 13.6. The van der Waals surface area contributed by atoms with Crippen molar-refractivity contribution in [2.75, 3.05) is 25.0 Å². The molecule has 1 unspecified atom stereocenters. The van der Waals surface area contributed by atoms with Crippen LogP contribution in [-0.4, -0.2) is 53.7 Å². The standard InChI is InChI=1S/C19H23F4N3O3/c1-11(2)15-10-29-18(28)26(15)12-6-8-25(9-7-12)17(27)24-16-13(19(21,22)23)4-3-5-14(16)20/h3-5,11-12,15H,6-10H2,1-2H3,(H,24,27). The number of alkyl halides is 3. The molecule has 2 fully saturated rings. The zero-order valence-electron chi connectivity index (χ0n) is 16.1. The number of carbonyl (C=O) groups is 2. The van der Waals surface area contributed by atoms with E-state index in [1.165, 1.54) is 4.90 Å². The number of carbonyl (C=O) groups excluding carboxylic acids is 2. The van der Waals surface area contributed by atoms with Crippen molar-refractivity contribution in [1.29, 1.82) is 0 Å². The van der Waals surface area contributed by atoms with Gasteiger partial charge in [0.1, 0.15) is 12.4 Å². The molecule has 1 atom stereocenters. The van der Waals surface area contributed by atoms with Gasteiger partial charge in [-0.2, -0.15) is 13.2 Å². The van der Waals surface area contributed by atoms with Gasteiger partial charge in [0.15, 0.2) is 0 Å². The Kier molecular flexibility index (Phi) is 5.90. The van der Waals surface area contributed by atoms with E-state index in [1.54, 1.807) is 4.90 Å². The summed E-state index contributed by atoms with van der Waals surface area (Å²) in [5.74, 6) is -0.938. The minimum atomic E-state index is -4.79. The van der Waals surface area contributed by atoms with Crippen LogP contribution in [0.4, 0.5) is 32.8 Å². The lowest BCUT2D eigenvalue weighted by molar-refractivity contribution is -0.137. The number of anilines is 1. The molecule has 0 bridgehead atoms. The Morgan fingerprint density at radius 2 is 1.90 bits per heavy atom. The van der Waals surface area contributed by atoms with Gasteiger partial charge in [0, 0.05) is 19.1 Å². The van der Waals surface area contributed by atoms with Crippen LogP contribution < -0.4 is 5.32 Å². The number of likely N-dealkylation sites (tertiary alicyclic amines) is 1. The molecule has 160 valence electrons. The third-order valence-electron chi connectivity index (χ3n) is 5.41. The van der Waals surface area contributed by atoms with E-state index in [9.17, 15) is 27.2 Å². The van der Waals surface area contributed by atoms with Gasteiger partial charge in [-0.1, -0.05) is 19.9 Å². The van der Waals surface area contributed by atoms with Crippen LogP contribution in [0.5, 0.6) is 0 Å². The summed E-state index contributed by atoms with van der Waals surface area (Å²) in [5, 5.41) is 2.06. The van der Waals surface area contributed by atoms with E-state index >= 15 is 0 Å². The van der Waals surface area contributed by atoms with Crippen molar-refractivity contribution < 1.29 is 31.9 Å². The number of nitrogens with zero attached hydrogens (tertiary/aromatic N) is 2. The van der Waals surface area contributed by atoms with Crippen molar-refractivity contribution in [3.8, 4) is 0 Å². The predicted octanol–water partition coefficient (Wildman–Crippen LogP) is 4.32. The van der Waals surface area contributed by atoms with Crippen molar-refractivity contribution in [2.24, 2.45) is 5.92 Å². The first-order valence-corrected chi connectivity index (χ1v) is 9.46.